The van der Waals surface area contributed by atoms with E-state index in [9.17, 15) is 8.78 Å². The van der Waals surface area contributed by atoms with E-state index in [0.29, 0.717) is 5.56 Å². The molecule has 0 radical (unpaired) electrons. The van der Waals surface area contributed by atoms with E-state index >= 15 is 0 Å². The molecular weight excluding hydrogens is 224 g/mol. The molecule has 2 nitrogen and oxygen atoms in total. The fraction of sp³-hybridized carbons (Fsp3) is 0.538. The number of rotatable bonds is 3. The lowest BCUT2D eigenvalue weighted by Crippen LogP contribution is -2.30. The normalized spacial score (nSPS) is 12.7. The minimum Gasteiger partial charge on any atom is -0.496 e. The number of hydrogen-bond donors (Lipinski definition) is 1. The second-order valence-electron chi connectivity index (χ2n) is 5.00. The SMILES string of the molecule is COc1c(C(C)(C)N)cc(C)cc1C(C)(F)F. The summed E-state index contributed by atoms with van der Waals surface area (Å²) in [6.07, 6.45) is 0. The third kappa shape index (κ3) is 2.94. The van der Waals surface area contributed by atoms with Gasteiger partial charge in [-0.3, -0.25) is 0 Å². The minimum absolute atomic E-state index is 0.117. The third-order valence-corrected chi connectivity index (χ3v) is 2.60. The highest BCUT2D eigenvalue weighted by atomic mass is 19.3. The van der Waals surface area contributed by atoms with Crippen LogP contribution in [-0.4, -0.2) is 7.11 Å². The lowest BCUT2D eigenvalue weighted by atomic mass is 9.89. The molecule has 1 aromatic rings. The Morgan fingerprint density at radius 1 is 1.12 bits per heavy atom. The van der Waals surface area contributed by atoms with Crippen LogP contribution in [0.2, 0.25) is 0 Å². The van der Waals surface area contributed by atoms with Crippen molar-refractivity contribution < 1.29 is 13.5 Å². The zero-order chi connectivity index (χ0) is 13.4. The summed E-state index contributed by atoms with van der Waals surface area (Å²) in [6, 6.07) is 3.22. The summed E-state index contributed by atoms with van der Waals surface area (Å²) in [5.41, 5.74) is 6.49. The van der Waals surface area contributed by atoms with Gasteiger partial charge < -0.3 is 10.5 Å². The highest BCUT2D eigenvalue weighted by molar-refractivity contribution is 5.49. The van der Waals surface area contributed by atoms with Crippen LogP contribution in [0.3, 0.4) is 0 Å². The Hall–Kier alpha value is -1.16. The average molecular weight is 243 g/mol. The molecule has 0 saturated heterocycles. The number of benzene rings is 1. The van der Waals surface area contributed by atoms with Crippen molar-refractivity contribution in [1.29, 1.82) is 0 Å². The first-order valence-corrected chi connectivity index (χ1v) is 5.43. The Morgan fingerprint density at radius 3 is 1.94 bits per heavy atom. The van der Waals surface area contributed by atoms with Gasteiger partial charge in [0.05, 0.1) is 12.7 Å². The van der Waals surface area contributed by atoms with Gasteiger partial charge in [0.15, 0.2) is 0 Å². The topological polar surface area (TPSA) is 35.2 Å². The maximum absolute atomic E-state index is 13.5. The molecule has 4 heteroatoms. The van der Waals surface area contributed by atoms with Gasteiger partial charge >= 0.3 is 0 Å². The van der Waals surface area contributed by atoms with Gasteiger partial charge in [0, 0.05) is 18.0 Å². The van der Waals surface area contributed by atoms with Crippen LogP contribution in [-0.2, 0) is 11.5 Å². The molecule has 0 aliphatic rings. The molecule has 2 N–H and O–H groups in total. The van der Waals surface area contributed by atoms with Crippen molar-refractivity contribution in [1.82, 2.24) is 0 Å². The Labute approximate surface area is 101 Å². The number of halogens is 2. The Morgan fingerprint density at radius 2 is 1.59 bits per heavy atom. The smallest absolute Gasteiger partial charge is 0.274 e. The molecule has 1 aromatic carbocycles. The number of ether oxygens (including phenoxy) is 1. The maximum atomic E-state index is 13.5. The molecule has 0 bridgehead atoms. The lowest BCUT2D eigenvalue weighted by molar-refractivity contribution is 0.0148. The van der Waals surface area contributed by atoms with E-state index in [-0.39, 0.29) is 11.3 Å². The molecule has 0 unspecified atom stereocenters. The summed E-state index contributed by atoms with van der Waals surface area (Å²) >= 11 is 0. The van der Waals surface area contributed by atoms with E-state index in [2.05, 4.69) is 0 Å². The van der Waals surface area contributed by atoms with Gasteiger partial charge in [0.25, 0.3) is 5.92 Å². The van der Waals surface area contributed by atoms with Crippen LogP contribution >= 0.6 is 0 Å². The molecule has 0 heterocycles. The third-order valence-electron chi connectivity index (χ3n) is 2.60. The predicted molar refractivity (Wildman–Crippen MR) is 64.5 cm³/mol. The monoisotopic (exact) mass is 243 g/mol. The van der Waals surface area contributed by atoms with Gasteiger partial charge in [0.1, 0.15) is 5.75 Å². The summed E-state index contributed by atoms with van der Waals surface area (Å²) in [5, 5.41) is 0. The number of nitrogens with two attached hydrogens (primary N) is 1. The van der Waals surface area contributed by atoms with Crippen molar-refractivity contribution >= 4 is 0 Å². The van der Waals surface area contributed by atoms with Crippen molar-refractivity contribution in [3.05, 3.63) is 28.8 Å². The molecule has 0 atom stereocenters. The molecule has 0 aromatic heterocycles. The second kappa shape index (κ2) is 4.26. The largest absolute Gasteiger partial charge is 0.496 e. The molecule has 0 spiro atoms. The van der Waals surface area contributed by atoms with Gasteiger partial charge in [-0.1, -0.05) is 11.6 Å². The van der Waals surface area contributed by atoms with E-state index < -0.39 is 11.5 Å². The van der Waals surface area contributed by atoms with Gasteiger partial charge in [-0.2, -0.15) is 0 Å². The lowest BCUT2D eigenvalue weighted by Gasteiger charge is -2.26. The van der Waals surface area contributed by atoms with Gasteiger partial charge in [-0.25, -0.2) is 8.78 Å². The first-order valence-electron chi connectivity index (χ1n) is 5.43. The molecule has 0 fully saturated rings. The van der Waals surface area contributed by atoms with Crippen molar-refractivity contribution in [2.75, 3.05) is 7.11 Å². The maximum Gasteiger partial charge on any atom is 0.274 e. The quantitative estimate of drug-likeness (QED) is 0.884. The van der Waals surface area contributed by atoms with E-state index in [4.69, 9.17) is 10.5 Å². The van der Waals surface area contributed by atoms with Crippen molar-refractivity contribution in [3.8, 4) is 5.75 Å². The zero-order valence-corrected chi connectivity index (χ0v) is 10.9. The highest BCUT2D eigenvalue weighted by Gasteiger charge is 2.32. The van der Waals surface area contributed by atoms with Crippen LogP contribution < -0.4 is 10.5 Å². The van der Waals surface area contributed by atoms with E-state index in [1.807, 2.05) is 0 Å². The first kappa shape index (κ1) is 13.9. The predicted octanol–water partition coefficient (Wildman–Crippen LogP) is 3.31. The Kier molecular flexibility index (Phi) is 3.48. The molecule has 0 aliphatic carbocycles. The minimum atomic E-state index is -2.95. The first-order chi connectivity index (χ1) is 7.57. The molecule has 96 valence electrons. The van der Waals surface area contributed by atoms with Crippen LogP contribution in [0.15, 0.2) is 12.1 Å². The Balaban J connectivity index is 3.58. The van der Waals surface area contributed by atoms with Gasteiger partial charge in [-0.05, 0) is 26.8 Å². The van der Waals surface area contributed by atoms with Crippen LogP contribution in [0.1, 0.15) is 37.5 Å². The fourth-order valence-corrected chi connectivity index (χ4v) is 1.80. The average Bonchev–Trinajstić information content (AvgIpc) is 2.13. The second-order valence-corrected chi connectivity index (χ2v) is 5.00. The van der Waals surface area contributed by atoms with Crippen molar-refractivity contribution in [2.24, 2.45) is 5.73 Å². The zero-order valence-electron chi connectivity index (χ0n) is 10.9. The van der Waals surface area contributed by atoms with E-state index in [0.717, 1.165) is 12.5 Å². The summed E-state index contributed by atoms with van der Waals surface area (Å²) in [5.74, 6) is -2.77. The summed E-state index contributed by atoms with van der Waals surface area (Å²) in [7, 11) is 1.38. The standard InChI is InChI=1S/C13H19F2NO/c1-8-6-9(12(2,3)16)11(17-5)10(7-8)13(4,14)15/h6-7H,16H2,1-5H3. The Bertz CT molecular complexity index is 381. The van der Waals surface area contributed by atoms with E-state index in [1.54, 1.807) is 26.8 Å². The van der Waals surface area contributed by atoms with Gasteiger partial charge in [0.2, 0.25) is 0 Å². The number of hydrogen-bond acceptors (Lipinski definition) is 2. The van der Waals surface area contributed by atoms with Gasteiger partial charge in [-0.15, -0.1) is 0 Å². The summed E-state index contributed by atoms with van der Waals surface area (Å²) in [4.78, 5) is 0. The highest BCUT2D eigenvalue weighted by Crippen LogP contribution is 2.40. The van der Waals surface area contributed by atoms with Crippen molar-refractivity contribution in [3.63, 3.8) is 0 Å². The van der Waals surface area contributed by atoms with Crippen LogP contribution in [0, 0.1) is 6.92 Å². The molecular formula is C13H19F2NO. The van der Waals surface area contributed by atoms with Crippen LogP contribution in [0.25, 0.3) is 0 Å². The molecule has 1 rings (SSSR count). The number of methoxy groups -OCH3 is 1. The van der Waals surface area contributed by atoms with Crippen LogP contribution in [0.4, 0.5) is 8.78 Å². The molecule has 0 aliphatic heterocycles. The van der Waals surface area contributed by atoms with Crippen molar-refractivity contribution in [2.45, 2.75) is 39.2 Å². The number of aryl methyl sites for hydroxylation is 1. The van der Waals surface area contributed by atoms with Crippen LogP contribution in [0.5, 0.6) is 5.75 Å². The fourth-order valence-electron chi connectivity index (χ4n) is 1.80. The number of alkyl halides is 2. The molecule has 0 saturated carbocycles. The molecule has 17 heavy (non-hydrogen) atoms. The summed E-state index contributed by atoms with van der Waals surface area (Å²) < 4.78 is 32.2. The van der Waals surface area contributed by atoms with E-state index in [1.165, 1.54) is 13.2 Å². The molecule has 0 amide bonds. The summed E-state index contributed by atoms with van der Waals surface area (Å²) in [6.45, 7) is 6.16.